The van der Waals surface area contributed by atoms with Gasteiger partial charge in [0.05, 0.1) is 20.6 Å². The van der Waals surface area contributed by atoms with Crippen molar-refractivity contribution in [3.05, 3.63) is 29.5 Å². The Morgan fingerprint density at radius 2 is 1.90 bits per heavy atom. The standard InChI is InChI=1S/C16H20ClNO3/c1-20-14-9-12-5-8-18(7-4-3-6-17)16(19)11-13(12)10-15(14)21-2/h5,8-10H,3-4,6-7,11H2,1-2H3. The van der Waals surface area contributed by atoms with E-state index < -0.39 is 0 Å². The number of alkyl halides is 1. The van der Waals surface area contributed by atoms with Crippen LogP contribution in [0.25, 0.3) is 6.08 Å². The molecule has 0 saturated carbocycles. The Bertz CT molecular complexity index is 543. The topological polar surface area (TPSA) is 38.8 Å². The van der Waals surface area contributed by atoms with Gasteiger partial charge in [-0.3, -0.25) is 4.79 Å². The molecule has 21 heavy (non-hydrogen) atoms. The monoisotopic (exact) mass is 309 g/mol. The van der Waals surface area contributed by atoms with Gasteiger partial charge in [0.15, 0.2) is 11.5 Å². The van der Waals surface area contributed by atoms with Crippen molar-refractivity contribution in [3.63, 3.8) is 0 Å². The largest absolute Gasteiger partial charge is 0.493 e. The number of unbranched alkanes of at least 4 members (excludes halogenated alkanes) is 1. The summed E-state index contributed by atoms with van der Waals surface area (Å²) < 4.78 is 10.6. The Morgan fingerprint density at radius 3 is 2.57 bits per heavy atom. The van der Waals surface area contributed by atoms with Crippen molar-refractivity contribution in [1.29, 1.82) is 0 Å². The molecule has 2 rings (SSSR count). The molecule has 0 saturated heterocycles. The number of rotatable bonds is 6. The zero-order valence-electron chi connectivity index (χ0n) is 12.4. The molecule has 0 radical (unpaired) electrons. The maximum absolute atomic E-state index is 12.3. The molecule has 0 spiro atoms. The molecule has 4 nitrogen and oxygen atoms in total. The third kappa shape index (κ3) is 3.70. The van der Waals surface area contributed by atoms with Crippen molar-refractivity contribution in [2.24, 2.45) is 0 Å². The predicted octanol–water partition coefficient (Wildman–Crippen LogP) is 3.08. The van der Waals surface area contributed by atoms with Crippen molar-refractivity contribution < 1.29 is 14.3 Å². The molecule has 1 aromatic rings. The lowest BCUT2D eigenvalue weighted by molar-refractivity contribution is -0.127. The number of ether oxygens (including phenoxy) is 2. The number of fused-ring (bicyclic) bond motifs is 1. The Balaban J connectivity index is 2.22. The fourth-order valence-electron chi connectivity index (χ4n) is 2.34. The van der Waals surface area contributed by atoms with E-state index in [1.807, 2.05) is 24.4 Å². The number of hydrogen-bond donors (Lipinski definition) is 0. The second-order valence-corrected chi connectivity index (χ2v) is 5.26. The highest BCUT2D eigenvalue weighted by Crippen LogP contribution is 2.32. The van der Waals surface area contributed by atoms with Gasteiger partial charge in [0.1, 0.15) is 0 Å². The Kier molecular flexibility index (Phi) is 5.51. The average Bonchev–Trinajstić information content (AvgIpc) is 2.65. The Morgan fingerprint density at radius 1 is 1.19 bits per heavy atom. The summed E-state index contributed by atoms with van der Waals surface area (Å²) >= 11 is 5.68. The summed E-state index contributed by atoms with van der Waals surface area (Å²) in [7, 11) is 3.20. The van der Waals surface area contributed by atoms with Crippen LogP contribution in [0.15, 0.2) is 18.3 Å². The minimum atomic E-state index is 0.0896. The Labute approximate surface area is 130 Å². The van der Waals surface area contributed by atoms with Crippen LogP contribution in [0.1, 0.15) is 24.0 Å². The van der Waals surface area contributed by atoms with Gasteiger partial charge in [0.2, 0.25) is 5.91 Å². The summed E-state index contributed by atoms with van der Waals surface area (Å²) in [4.78, 5) is 14.1. The van der Waals surface area contributed by atoms with Gasteiger partial charge in [-0.25, -0.2) is 0 Å². The van der Waals surface area contributed by atoms with Crippen LogP contribution in [0.4, 0.5) is 0 Å². The van der Waals surface area contributed by atoms with Crippen LogP contribution in [-0.4, -0.2) is 37.5 Å². The van der Waals surface area contributed by atoms with Gasteiger partial charge < -0.3 is 14.4 Å². The van der Waals surface area contributed by atoms with Crippen LogP contribution in [0.3, 0.4) is 0 Å². The van der Waals surface area contributed by atoms with E-state index in [1.165, 1.54) is 0 Å². The van der Waals surface area contributed by atoms with E-state index in [2.05, 4.69) is 0 Å². The predicted molar refractivity (Wildman–Crippen MR) is 84.0 cm³/mol. The molecule has 0 fully saturated rings. The number of amides is 1. The third-order valence-electron chi connectivity index (χ3n) is 3.52. The SMILES string of the molecule is COc1cc2c(cc1OC)CC(=O)N(CCCCCl)C=C2. The van der Waals surface area contributed by atoms with Crippen molar-refractivity contribution in [2.75, 3.05) is 26.6 Å². The summed E-state index contributed by atoms with van der Waals surface area (Å²) in [5, 5.41) is 0. The summed E-state index contributed by atoms with van der Waals surface area (Å²) in [6, 6.07) is 3.78. The second kappa shape index (κ2) is 7.36. The molecule has 0 aliphatic carbocycles. The van der Waals surface area contributed by atoms with E-state index in [9.17, 15) is 4.79 Å². The average molecular weight is 310 g/mol. The van der Waals surface area contributed by atoms with E-state index >= 15 is 0 Å². The van der Waals surface area contributed by atoms with Crippen molar-refractivity contribution in [2.45, 2.75) is 19.3 Å². The minimum Gasteiger partial charge on any atom is -0.493 e. The normalized spacial score (nSPS) is 13.9. The zero-order valence-corrected chi connectivity index (χ0v) is 13.2. The van der Waals surface area contributed by atoms with Gasteiger partial charge in [-0.1, -0.05) is 0 Å². The number of halogens is 1. The second-order valence-electron chi connectivity index (χ2n) is 4.88. The molecule has 1 aromatic carbocycles. The summed E-state index contributed by atoms with van der Waals surface area (Å²) in [5.74, 6) is 2.03. The highest BCUT2D eigenvalue weighted by atomic mass is 35.5. The molecule has 0 unspecified atom stereocenters. The highest BCUT2D eigenvalue weighted by molar-refractivity contribution is 6.17. The van der Waals surface area contributed by atoms with E-state index in [0.29, 0.717) is 30.3 Å². The van der Waals surface area contributed by atoms with Gasteiger partial charge >= 0.3 is 0 Å². The summed E-state index contributed by atoms with van der Waals surface area (Å²) in [6.45, 7) is 0.699. The van der Waals surface area contributed by atoms with Crippen LogP contribution < -0.4 is 9.47 Å². The quantitative estimate of drug-likeness (QED) is 0.599. The first kappa shape index (κ1) is 15.7. The maximum atomic E-state index is 12.3. The van der Waals surface area contributed by atoms with Crippen LogP contribution in [0.5, 0.6) is 11.5 Å². The highest BCUT2D eigenvalue weighted by Gasteiger charge is 2.19. The van der Waals surface area contributed by atoms with E-state index in [1.54, 1.807) is 19.1 Å². The number of hydrogen-bond acceptors (Lipinski definition) is 3. The molecule has 0 aromatic heterocycles. The first-order valence-corrected chi connectivity index (χ1v) is 7.51. The van der Waals surface area contributed by atoms with E-state index in [-0.39, 0.29) is 5.91 Å². The van der Waals surface area contributed by atoms with Gasteiger partial charge in [0, 0.05) is 18.6 Å². The van der Waals surface area contributed by atoms with E-state index in [0.717, 1.165) is 24.0 Å². The first-order valence-electron chi connectivity index (χ1n) is 6.98. The fraction of sp³-hybridized carbons (Fsp3) is 0.438. The van der Waals surface area contributed by atoms with Crippen molar-refractivity contribution >= 4 is 23.6 Å². The number of nitrogens with zero attached hydrogens (tertiary/aromatic N) is 1. The molecular formula is C16H20ClNO3. The molecular weight excluding hydrogens is 290 g/mol. The van der Waals surface area contributed by atoms with Crippen LogP contribution >= 0.6 is 11.6 Å². The van der Waals surface area contributed by atoms with Crippen molar-refractivity contribution in [1.82, 2.24) is 4.90 Å². The maximum Gasteiger partial charge on any atom is 0.230 e. The summed E-state index contributed by atoms with van der Waals surface area (Å²) in [6.07, 6.45) is 5.97. The molecule has 1 aliphatic rings. The van der Waals surface area contributed by atoms with Gasteiger partial charge in [-0.05, 0) is 42.2 Å². The smallest absolute Gasteiger partial charge is 0.230 e. The van der Waals surface area contributed by atoms with Crippen LogP contribution in [-0.2, 0) is 11.2 Å². The van der Waals surface area contributed by atoms with E-state index in [4.69, 9.17) is 21.1 Å². The lowest BCUT2D eigenvalue weighted by Gasteiger charge is -2.16. The lowest BCUT2D eigenvalue weighted by atomic mass is 10.0. The van der Waals surface area contributed by atoms with Crippen LogP contribution in [0, 0.1) is 0 Å². The Hall–Kier alpha value is -1.68. The van der Waals surface area contributed by atoms with Crippen LogP contribution in [0.2, 0.25) is 0 Å². The first-order chi connectivity index (χ1) is 10.2. The van der Waals surface area contributed by atoms with Gasteiger partial charge in [-0.2, -0.15) is 0 Å². The number of carbonyl (C=O) groups excluding carboxylic acids is 1. The molecule has 1 heterocycles. The van der Waals surface area contributed by atoms with Crippen molar-refractivity contribution in [3.8, 4) is 11.5 Å². The third-order valence-corrected chi connectivity index (χ3v) is 3.79. The zero-order chi connectivity index (χ0) is 15.2. The van der Waals surface area contributed by atoms with Gasteiger partial charge in [0.25, 0.3) is 0 Å². The minimum absolute atomic E-state index is 0.0896. The molecule has 0 N–H and O–H groups in total. The molecule has 0 bridgehead atoms. The molecule has 1 aliphatic heterocycles. The summed E-state index contributed by atoms with van der Waals surface area (Å²) in [5.41, 5.74) is 1.94. The number of benzene rings is 1. The fourth-order valence-corrected chi connectivity index (χ4v) is 2.53. The lowest BCUT2D eigenvalue weighted by Crippen LogP contribution is -2.27. The molecule has 1 amide bonds. The van der Waals surface area contributed by atoms with Gasteiger partial charge in [-0.15, -0.1) is 11.6 Å². The molecule has 114 valence electrons. The number of methoxy groups -OCH3 is 2. The molecule has 5 heteroatoms. The number of carbonyl (C=O) groups is 1. The molecule has 0 atom stereocenters.